The molecule has 0 atom stereocenters. The van der Waals surface area contributed by atoms with Crippen LogP contribution in [0.5, 0.6) is 0 Å². The van der Waals surface area contributed by atoms with Crippen molar-refractivity contribution in [1.82, 2.24) is 5.32 Å². The molecule has 1 aromatic carbocycles. The fraction of sp³-hybridized carbons (Fsp3) is 0.571. The van der Waals surface area contributed by atoms with Crippen molar-refractivity contribution >= 4 is 0 Å². The molecule has 0 spiro atoms. The molecular formula is C14H20F3N. The molecule has 0 aliphatic rings. The van der Waals surface area contributed by atoms with E-state index in [0.717, 1.165) is 37.1 Å². The first-order chi connectivity index (χ1) is 8.47. The molecule has 0 fully saturated rings. The Labute approximate surface area is 106 Å². The van der Waals surface area contributed by atoms with Crippen LogP contribution >= 0.6 is 0 Å². The number of benzene rings is 1. The van der Waals surface area contributed by atoms with Crippen molar-refractivity contribution in [2.75, 3.05) is 6.54 Å². The van der Waals surface area contributed by atoms with Gasteiger partial charge in [0.25, 0.3) is 0 Å². The summed E-state index contributed by atoms with van der Waals surface area (Å²) in [4.78, 5) is 0. The average molecular weight is 259 g/mol. The van der Waals surface area contributed by atoms with Crippen LogP contribution in [0.15, 0.2) is 24.3 Å². The fourth-order valence-corrected chi connectivity index (χ4v) is 1.81. The predicted molar refractivity (Wildman–Crippen MR) is 67.2 cm³/mol. The number of alkyl halides is 3. The van der Waals surface area contributed by atoms with Crippen LogP contribution in [0.1, 0.15) is 37.8 Å². The van der Waals surface area contributed by atoms with Gasteiger partial charge in [-0.25, -0.2) is 0 Å². The molecule has 1 aromatic rings. The van der Waals surface area contributed by atoms with Crippen molar-refractivity contribution < 1.29 is 13.2 Å². The van der Waals surface area contributed by atoms with E-state index in [2.05, 4.69) is 19.2 Å². The minimum atomic E-state index is -4.25. The highest BCUT2D eigenvalue weighted by Gasteiger charge is 2.29. The van der Waals surface area contributed by atoms with Gasteiger partial charge in [-0.15, -0.1) is 0 Å². The smallest absolute Gasteiger partial charge is 0.312 e. The maximum atomic E-state index is 12.4. The summed E-state index contributed by atoms with van der Waals surface area (Å²) in [6.45, 7) is 5.82. The van der Waals surface area contributed by atoms with Crippen LogP contribution in [0.3, 0.4) is 0 Å². The van der Waals surface area contributed by atoms with Crippen LogP contribution in [-0.2, 0) is 12.7 Å². The molecule has 0 unspecified atom stereocenters. The molecule has 0 radical (unpaired) electrons. The number of nitrogens with one attached hydrogen (secondary N) is 1. The summed E-state index contributed by atoms with van der Waals surface area (Å²) in [5, 5.41) is 3.28. The van der Waals surface area contributed by atoms with E-state index >= 15 is 0 Å². The zero-order valence-corrected chi connectivity index (χ0v) is 10.8. The Morgan fingerprint density at radius 1 is 1.06 bits per heavy atom. The fourth-order valence-electron chi connectivity index (χ4n) is 1.81. The van der Waals surface area contributed by atoms with Crippen molar-refractivity contribution in [2.24, 2.45) is 5.92 Å². The molecule has 0 aromatic heterocycles. The molecule has 0 saturated heterocycles. The van der Waals surface area contributed by atoms with Crippen LogP contribution in [0.2, 0.25) is 0 Å². The predicted octanol–water partition coefficient (Wildman–Crippen LogP) is 4.23. The summed E-state index contributed by atoms with van der Waals surface area (Å²) >= 11 is 0. The molecule has 1 rings (SSSR count). The average Bonchev–Trinajstić information content (AvgIpc) is 2.34. The summed E-state index contributed by atoms with van der Waals surface area (Å²) in [6.07, 6.45) is -2.01. The van der Waals surface area contributed by atoms with E-state index in [1.165, 1.54) is 12.1 Å². The normalized spacial score (nSPS) is 12.1. The first kappa shape index (κ1) is 15.0. The van der Waals surface area contributed by atoms with Crippen molar-refractivity contribution in [3.05, 3.63) is 35.4 Å². The van der Waals surface area contributed by atoms with Gasteiger partial charge in [0.15, 0.2) is 0 Å². The highest BCUT2D eigenvalue weighted by Crippen LogP contribution is 2.29. The zero-order chi connectivity index (χ0) is 13.6. The molecule has 0 heterocycles. The maximum Gasteiger partial charge on any atom is 0.416 e. The highest BCUT2D eigenvalue weighted by atomic mass is 19.4. The lowest BCUT2D eigenvalue weighted by molar-refractivity contribution is -0.137. The Balaban J connectivity index is 2.45. The van der Waals surface area contributed by atoms with E-state index in [1.54, 1.807) is 0 Å². The van der Waals surface area contributed by atoms with E-state index < -0.39 is 11.7 Å². The minimum Gasteiger partial charge on any atom is -0.312 e. The third-order valence-corrected chi connectivity index (χ3v) is 3.20. The third kappa shape index (κ3) is 4.69. The summed E-state index contributed by atoms with van der Waals surface area (Å²) in [7, 11) is 0. The number of halogens is 3. The van der Waals surface area contributed by atoms with Gasteiger partial charge in [0.2, 0.25) is 0 Å². The van der Waals surface area contributed by atoms with Crippen molar-refractivity contribution in [3.8, 4) is 0 Å². The van der Waals surface area contributed by atoms with Gasteiger partial charge in [-0.2, -0.15) is 13.2 Å². The van der Waals surface area contributed by atoms with E-state index in [9.17, 15) is 13.2 Å². The van der Waals surface area contributed by atoms with Crippen LogP contribution in [0.4, 0.5) is 13.2 Å². The van der Waals surface area contributed by atoms with E-state index in [4.69, 9.17) is 0 Å². The Hall–Kier alpha value is -1.03. The summed E-state index contributed by atoms with van der Waals surface area (Å²) in [5.41, 5.74) is 0.292. The molecule has 18 heavy (non-hydrogen) atoms. The minimum absolute atomic E-state index is 0.591. The van der Waals surface area contributed by atoms with Gasteiger partial charge in [0, 0.05) is 6.54 Å². The summed E-state index contributed by atoms with van der Waals surface area (Å²) in [6, 6.07) is 5.33. The van der Waals surface area contributed by atoms with Crippen LogP contribution in [-0.4, -0.2) is 6.54 Å². The SMILES string of the molecule is CCC(CC)CNCc1ccc(C(F)(F)F)cc1. The second-order valence-corrected chi connectivity index (χ2v) is 4.51. The molecule has 0 amide bonds. The van der Waals surface area contributed by atoms with Gasteiger partial charge in [0.1, 0.15) is 0 Å². The van der Waals surface area contributed by atoms with Gasteiger partial charge in [-0.1, -0.05) is 38.8 Å². The lowest BCUT2D eigenvalue weighted by Crippen LogP contribution is -2.21. The largest absolute Gasteiger partial charge is 0.416 e. The first-order valence-corrected chi connectivity index (χ1v) is 6.34. The molecular weight excluding hydrogens is 239 g/mol. The Morgan fingerprint density at radius 3 is 2.06 bits per heavy atom. The van der Waals surface area contributed by atoms with Crippen molar-refractivity contribution in [2.45, 2.75) is 39.4 Å². The molecule has 0 aliphatic carbocycles. The Morgan fingerprint density at radius 2 is 1.61 bits per heavy atom. The second-order valence-electron chi connectivity index (χ2n) is 4.51. The number of hydrogen-bond donors (Lipinski definition) is 1. The molecule has 1 N–H and O–H groups in total. The zero-order valence-electron chi connectivity index (χ0n) is 10.8. The van der Waals surface area contributed by atoms with Gasteiger partial charge in [-0.3, -0.25) is 0 Å². The first-order valence-electron chi connectivity index (χ1n) is 6.34. The molecule has 1 nitrogen and oxygen atoms in total. The Bertz CT molecular complexity index is 339. The number of rotatable bonds is 6. The van der Waals surface area contributed by atoms with Gasteiger partial charge < -0.3 is 5.32 Å². The number of hydrogen-bond acceptors (Lipinski definition) is 1. The van der Waals surface area contributed by atoms with Gasteiger partial charge in [-0.05, 0) is 30.2 Å². The lowest BCUT2D eigenvalue weighted by Gasteiger charge is -2.13. The monoisotopic (exact) mass is 259 g/mol. The topological polar surface area (TPSA) is 12.0 Å². The van der Waals surface area contributed by atoms with Crippen molar-refractivity contribution in [1.29, 1.82) is 0 Å². The van der Waals surface area contributed by atoms with Crippen LogP contribution in [0, 0.1) is 5.92 Å². The lowest BCUT2D eigenvalue weighted by atomic mass is 10.0. The second kappa shape index (κ2) is 6.78. The Kier molecular flexibility index (Phi) is 5.66. The third-order valence-electron chi connectivity index (χ3n) is 3.20. The van der Waals surface area contributed by atoms with Gasteiger partial charge in [0.05, 0.1) is 5.56 Å². The van der Waals surface area contributed by atoms with Crippen LogP contribution < -0.4 is 5.32 Å². The summed E-state index contributed by atoms with van der Waals surface area (Å²) in [5.74, 6) is 0.638. The molecule has 0 bridgehead atoms. The van der Waals surface area contributed by atoms with E-state index in [0.29, 0.717) is 12.5 Å². The standard InChI is InChI=1S/C14H20F3N/c1-3-11(4-2)9-18-10-12-5-7-13(8-6-12)14(15,16)17/h5-8,11,18H,3-4,9-10H2,1-2H3. The highest BCUT2D eigenvalue weighted by molar-refractivity contribution is 5.24. The van der Waals surface area contributed by atoms with Crippen LogP contribution in [0.25, 0.3) is 0 Å². The van der Waals surface area contributed by atoms with E-state index in [1.807, 2.05) is 0 Å². The molecule has 102 valence electrons. The van der Waals surface area contributed by atoms with Gasteiger partial charge >= 0.3 is 6.18 Å². The van der Waals surface area contributed by atoms with Crippen molar-refractivity contribution in [3.63, 3.8) is 0 Å². The molecule has 4 heteroatoms. The maximum absolute atomic E-state index is 12.4. The molecule has 0 saturated carbocycles. The summed E-state index contributed by atoms with van der Waals surface area (Å²) < 4.78 is 37.1. The van der Waals surface area contributed by atoms with E-state index in [-0.39, 0.29) is 0 Å². The quantitative estimate of drug-likeness (QED) is 0.806. The molecule has 0 aliphatic heterocycles.